The van der Waals surface area contributed by atoms with E-state index in [1.54, 1.807) is 0 Å². The van der Waals surface area contributed by atoms with Crippen molar-refractivity contribution >= 4 is 8.15 Å². The van der Waals surface area contributed by atoms with Gasteiger partial charge in [-0.15, -0.1) is 0 Å². The molecule has 1 saturated carbocycles. The molecule has 0 bridgehead atoms. The average Bonchev–Trinajstić information content (AvgIpc) is 2.73. The molecule has 0 atom stereocenters. The molecule has 2 heteroatoms. The van der Waals surface area contributed by atoms with Gasteiger partial charge < -0.3 is 4.52 Å². The van der Waals surface area contributed by atoms with E-state index in [1.165, 1.54) is 38.0 Å². The zero-order chi connectivity index (χ0) is 8.10. The van der Waals surface area contributed by atoms with Crippen molar-refractivity contribution in [2.45, 2.75) is 45.6 Å². The van der Waals surface area contributed by atoms with Crippen molar-refractivity contribution in [1.29, 1.82) is 0 Å². The van der Waals surface area contributed by atoms with Crippen molar-refractivity contribution in [2.75, 3.05) is 12.3 Å². The Morgan fingerprint density at radius 3 is 2.09 bits per heavy atom. The zero-order valence-corrected chi connectivity index (χ0v) is 8.57. The highest BCUT2D eigenvalue weighted by Gasteiger charge is 2.25. The molecule has 66 valence electrons. The summed E-state index contributed by atoms with van der Waals surface area (Å²) in [5.41, 5.74) is 0. The predicted octanol–water partition coefficient (Wildman–Crippen LogP) is 3.38. The van der Waals surface area contributed by atoms with E-state index >= 15 is 0 Å². The molecule has 0 N–H and O–H groups in total. The third-order valence-electron chi connectivity index (χ3n) is 1.77. The lowest BCUT2D eigenvalue weighted by molar-refractivity contribution is 0.337. The highest BCUT2D eigenvalue weighted by Crippen LogP contribution is 2.44. The molecular formula is C9H19OP. The summed E-state index contributed by atoms with van der Waals surface area (Å²) in [5, 5.41) is 0. The topological polar surface area (TPSA) is 9.23 Å². The molecule has 0 aromatic rings. The Kier molecular flexibility index (Phi) is 4.40. The summed E-state index contributed by atoms with van der Waals surface area (Å²) in [6.07, 6.45) is 8.54. The molecule has 11 heavy (non-hydrogen) atoms. The van der Waals surface area contributed by atoms with Gasteiger partial charge in [0, 0.05) is 8.15 Å². The van der Waals surface area contributed by atoms with Gasteiger partial charge in [0.05, 0.1) is 6.10 Å². The smallest absolute Gasteiger partial charge is 0.0619 e. The molecule has 1 aliphatic rings. The minimum Gasteiger partial charge on any atom is -0.356 e. The van der Waals surface area contributed by atoms with Crippen LogP contribution in [0.15, 0.2) is 0 Å². The summed E-state index contributed by atoms with van der Waals surface area (Å²) in [4.78, 5) is 0. The molecule has 0 unspecified atom stereocenters. The fourth-order valence-electron chi connectivity index (χ4n) is 1.10. The predicted molar refractivity (Wildman–Crippen MR) is 51.3 cm³/mol. The maximum atomic E-state index is 5.91. The fraction of sp³-hybridized carbons (Fsp3) is 1.00. The van der Waals surface area contributed by atoms with E-state index < -0.39 is 0 Å². The Bertz CT molecular complexity index is 95.7. The number of rotatable bonds is 6. The summed E-state index contributed by atoms with van der Waals surface area (Å²) in [5.74, 6) is 0. The molecular weight excluding hydrogens is 155 g/mol. The van der Waals surface area contributed by atoms with Gasteiger partial charge in [-0.3, -0.25) is 0 Å². The van der Waals surface area contributed by atoms with Crippen molar-refractivity contribution in [1.82, 2.24) is 0 Å². The van der Waals surface area contributed by atoms with E-state index in [4.69, 9.17) is 4.52 Å². The van der Waals surface area contributed by atoms with Gasteiger partial charge in [0.25, 0.3) is 0 Å². The lowest BCUT2D eigenvalue weighted by Gasteiger charge is -2.15. The summed E-state index contributed by atoms with van der Waals surface area (Å²) in [6.45, 7) is 4.50. The molecule has 0 aromatic carbocycles. The van der Waals surface area contributed by atoms with Crippen LogP contribution in [0.5, 0.6) is 0 Å². The molecule has 0 aromatic heterocycles. The third kappa shape index (κ3) is 4.08. The molecule has 0 amide bonds. The van der Waals surface area contributed by atoms with Gasteiger partial charge in [-0.1, -0.05) is 26.7 Å². The standard InChI is InChI=1S/C9H19OP/c1-3-7-11(8-4-2)10-9-5-6-9/h9H,3-8H2,1-2H3. The zero-order valence-electron chi connectivity index (χ0n) is 7.68. The Morgan fingerprint density at radius 2 is 1.73 bits per heavy atom. The number of hydrogen-bond acceptors (Lipinski definition) is 1. The van der Waals surface area contributed by atoms with E-state index in [0.717, 1.165) is 0 Å². The molecule has 0 saturated heterocycles. The lowest BCUT2D eigenvalue weighted by Crippen LogP contribution is -1.95. The van der Waals surface area contributed by atoms with Crippen LogP contribution in [0, 0.1) is 0 Å². The van der Waals surface area contributed by atoms with Gasteiger partial charge in [0.2, 0.25) is 0 Å². The van der Waals surface area contributed by atoms with E-state index in [0.29, 0.717) is 6.10 Å². The minimum atomic E-state index is -0.0378. The van der Waals surface area contributed by atoms with Gasteiger partial charge in [-0.2, -0.15) is 0 Å². The van der Waals surface area contributed by atoms with Gasteiger partial charge in [0.15, 0.2) is 0 Å². The lowest BCUT2D eigenvalue weighted by atomic mass is 10.6. The van der Waals surface area contributed by atoms with Crippen LogP contribution in [0.2, 0.25) is 0 Å². The average molecular weight is 174 g/mol. The van der Waals surface area contributed by atoms with Crippen molar-refractivity contribution in [2.24, 2.45) is 0 Å². The van der Waals surface area contributed by atoms with Crippen LogP contribution < -0.4 is 0 Å². The second kappa shape index (κ2) is 5.11. The van der Waals surface area contributed by atoms with Gasteiger partial charge in [-0.25, -0.2) is 0 Å². The molecule has 1 rings (SSSR count). The van der Waals surface area contributed by atoms with Crippen LogP contribution >= 0.6 is 8.15 Å². The molecule has 0 spiro atoms. The van der Waals surface area contributed by atoms with Crippen LogP contribution in [0.25, 0.3) is 0 Å². The minimum absolute atomic E-state index is 0.0378. The second-order valence-electron chi connectivity index (χ2n) is 3.23. The van der Waals surface area contributed by atoms with Crippen LogP contribution in [-0.4, -0.2) is 18.4 Å². The van der Waals surface area contributed by atoms with E-state index in [1.807, 2.05) is 0 Å². The molecule has 0 aliphatic heterocycles. The highest BCUT2D eigenvalue weighted by atomic mass is 31.1. The summed E-state index contributed by atoms with van der Waals surface area (Å²) >= 11 is 0. The van der Waals surface area contributed by atoms with Crippen molar-refractivity contribution < 1.29 is 4.52 Å². The van der Waals surface area contributed by atoms with Crippen LogP contribution in [-0.2, 0) is 4.52 Å². The summed E-state index contributed by atoms with van der Waals surface area (Å²) in [7, 11) is -0.0378. The Labute approximate surface area is 71.4 Å². The van der Waals surface area contributed by atoms with Gasteiger partial charge in [0.1, 0.15) is 0 Å². The maximum Gasteiger partial charge on any atom is 0.0619 e. The second-order valence-corrected chi connectivity index (χ2v) is 5.30. The number of hydrogen-bond donors (Lipinski definition) is 0. The van der Waals surface area contributed by atoms with Crippen LogP contribution in [0.3, 0.4) is 0 Å². The molecule has 1 aliphatic carbocycles. The van der Waals surface area contributed by atoms with Crippen molar-refractivity contribution in [3.8, 4) is 0 Å². The first kappa shape index (κ1) is 9.48. The van der Waals surface area contributed by atoms with E-state index in [9.17, 15) is 0 Å². The van der Waals surface area contributed by atoms with Crippen LogP contribution in [0.4, 0.5) is 0 Å². The van der Waals surface area contributed by atoms with Gasteiger partial charge in [-0.05, 0) is 25.2 Å². The Balaban J connectivity index is 2.08. The van der Waals surface area contributed by atoms with E-state index in [2.05, 4.69) is 13.8 Å². The van der Waals surface area contributed by atoms with Gasteiger partial charge >= 0.3 is 0 Å². The Hall–Kier alpha value is 0.390. The summed E-state index contributed by atoms with van der Waals surface area (Å²) in [6, 6.07) is 0. The summed E-state index contributed by atoms with van der Waals surface area (Å²) < 4.78 is 5.91. The van der Waals surface area contributed by atoms with Crippen molar-refractivity contribution in [3.05, 3.63) is 0 Å². The molecule has 1 fully saturated rings. The monoisotopic (exact) mass is 174 g/mol. The highest BCUT2D eigenvalue weighted by molar-refractivity contribution is 7.52. The molecule has 0 heterocycles. The first-order valence-electron chi connectivity index (χ1n) is 4.78. The Morgan fingerprint density at radius 1 is 1.18 bits per heavy atom. The van der Waals surface area contributed by atoms with Crippen molar-refractivity contribution in [3.63, 3.8) is 0 Å². The first-order chi connectivity index (χ1) is 5.36. The van der Waals surface area contributed by atoms with Crippen LogP contribution in [0.1, 0.15) is 39.5 Å². The SMILES string of the molecule is CCCP(CCC)OC1CC1. The quantitative estimate of drug-likeness (QED) is 0.561. The maximum absolute atomic E-state index is 5.91. The molecule has 1 nitrogen and oxygen atoms in total. The molecule has 0 radical (unpaired) electrons. The normalized spacial score (nSPS) is 17.7. The fourth-order valence-corrected chi connectivity index (χ4v) is 3.16. The largest absolute Gasteiger partial charge is 0.356 e. The van der Waals surface area contributed by atoms with E-state index in [-0.39, 0.29) is 8.15 Å². The first-order valence-corrected chi connectivity index (χ1v) is 6.41. The third-order valence-corrected chi connectivity index (χ3v) is 4.26.